The summed E-state index contributed by atoms with van der Waals surface area (Å²) in [5.74, 6) is -1.26. The Labute approximate surface area is 126 Å². The number of nitrogens with zero attached hydrogens (tertiary/aromatic N) is 1. The van der Waals surface area contributed by atoms with Gasteiger partial charge in [-0.05, 0) is 28.8 Å². The van der Waals surface area contributed by atoms with Gasteiger partial charge < -0.3 is 10.2 Å². The van der Waals surface area contributed by atoms with Gasteiger partial charge in [0, 0.05) is 11.8 Å². The molecule has 0 aliphatic rings. The monoisotopic (exact) mass is 294 g/mol. The maximum Gasteiger partial charge on any atom is 0.337 e. The summed E-state index contributed by atoms with van der Waals surface area (Å²) in [6, 6.07) is 16.7. The molecular weight excluding hydrogens is 280 g/mol. The van der Waals surface area contributed by atoms with Gasteiger partial charge in [0.25, 0.3) is 0 Å². The molecule has 1 atom stereocenters. The van der Waals surface area contributed by atoms with Gasteiger partial charge in [-0.3, -0.25) is 5.10 Å². The van der Waals surface area contributed by atoms with Crippen molar-refractivity contribution in [1.82, 2.24) is 10.2 Å². The zero-order chi connectivity index (χ0) is 15.5. The van der Waals surface area contributed by atoms with Crippen molar-refractivity contribution in [2.45, 2.75) is 6.10 Å². The fourth-order valence-electron chi connectivity index (χ4n) is 2.28. The molecule has 3 rings (SSSR count). The predicted octanol–water partition coefficient (Wildman–Crippen LogP) is 2.86. The molecule has 3 N–H and O–H groups in total. The number of aliphatic hydroxyl groups is 1. The Bertz CT molecular complexity index is 780. The highest BCUT2D eigenvalue weighted by atomic mass is 16.4. The summed E-state index contributed by atoms with van der Waals surface area (Å²) in [7, 11) is 0. The molecular formula is C17H14N2O3. The molecule has 0 aliphatic heterocycles. The molecule has 0 spiro atoms. The van der Waals surface area contributed by atoms with E-state index in [1.54, 1.807) is 30.5 Å². The molecule has 0 bridgehead atoms. The molecule has 110 valence electrons. The normalized spacial score (nSPS) is 12.0. The maximum absolute atomic E-state index is 10.8. The van der Waals surface area contributed by atoms with Gasteiger partial charge in [-0.15, -0.1) is 0 Å². The summed E-state index contributed by atoms with van der Waals surface area (Å²) in [5.41, 5.74) is 4.26. The smallest absolute Gasteiger partial charge is 0.337 e. The van der Waals surface area contributed by atoms with Crippen molar-refractivity contribution in [2.24, 2.45) is 0 Å². The van der Waals surface area contributed by atoms with E-state index in [-0.39, 0.29) is 0 Å². The molecule has 0 saturated carbocycles. The Hall–Kier alpha value is -2.92. The van der Waals surface area contributed by atoms with E-state index in [0.717, 1.165) is 22.4 Å². The number of hydrogen-bond donors (Lipinski definition) is 3. The molecule has 0 amide bonds. The number of nitrogens with one attached hydrogen (secondary N) is 1. The zero-order valence-electron chi connectivity index (χ0n) is 11.6. The number of H-pyrrole nitrogens is 1. The summed E-state index contributed by atoms with van der Waals surface area (Å²) in [5, 5.41) is 25.2. The van der Waals surface area contributed by atoms with Gasteiger partial charge in [0.05, 0.1) is 5.69 Å². The fourth-order valence-corrected chi connectivity index (χ4v) is 2.28. The number of hydrogen-bond acceptors (Lipinski definition) is 3. The van der Waals surface area contributed by atoms with E-state index in [9.17, 15) is 9.90 Å². The van der Waals surface area contributed by atoms with Crippen molar-refractivity contribution >= 4 is 5.97 Å². The van der Waals surface area contributed by atoms with E-state index in [1.165, 1.54) is 0 Å². The van der Waals surface area contributed by atoms with Crippen molar-refractivity contribution in [3.63, 3.8) is 0 Å². The van der Waals surface area contributed by atoms with Crippen LogP contribution in [0.4, 0.5) is 0 Å². The number of aliphatic carboxylic acids is 1. The molecule has 0 aliphatic carbocycles. The minimum Gasteiger partial charge on any atom is -0.479 e. The van der Waals surface area contributed by atoms with Crippen molar-refractivity contribution in [2.75, 3.05) is 0 Å². The van der Waals surface area contributed by atoms with Crippen molar-refractivity contribution in [3.8, 4) is 22.4 Å². The zero-order valence-corrected chi connectivity index (χ0v) is 11.6. The second kappa shape index (κ2) is 5.83. The van der Waals surface area contributed by atoms with Gasteiger partial charge in [-0.25, -0.2) is 4.79 Å². The molecule has 5 nitrogen and oxygen atoms in total. The third kappa shape index (κ3) is 2.75. The van der Waals surface area contributed by atoms with Crippen LogP contribution in [0.1, 0.15) is 11.7 Å². The lowest BCUT2D eigenvalue weighted by molar-refractivity contribution is -0.146. The minimum atomic E-state index is -1.50. The maximum atomic E-state index is 10.8. The average Bonchev–Trinajstić information content (AvgIpc) is 3.09. The molecule has 3 aromatic rings. The average molecular weight is 294 g/mol. The second-order valence-electron chi connectivity index (χ2n) is 4.91. The highest BCUT2D eigenvalue weighted by molar-refractivity contribution is 5.75. The Morgan fingerprint density at radius 1 is 1.00 bits per heavy atom. The van der Waals surface area contributed by atoms with Crippen LogP contribution >= 0.6 is 0 Å². The Morgan fingerprint density at radius 2 is 1.73 bits per heavy atom. The van der Waals surface area contributed by atoms with Gasteiger partial charge in [0.15, 0.2) is 6.10 Å². The van der Waals surface area contributed by atoms with Crippen LogP contribution in [-0.4, -0.2) is 26.4 Å². The topological polar surface area (TPSA) is 86.2 Å². The van der Waals surface area contributed by atoms with Crippen LogP contribution < -0.4 is 0 Å². The first kappa shape index (κ1) is 14.0. The van der Waals surface area contributed by atoms with E-state index >= 15 is 0 Å². The quantitative estimate of drug-likeness (QED) is 0.690. The third-order valence-corrected chi connectivity index (χ3v) is 3.47. The number of carboxylic acid groups (broad SMARTS) is 1. The molecule has 1 heterocycles. The van der Waals surface area contributed by atoms with Crippen LogP contribution in [0.3, 0.4) is 0 Å². The minimum absolute atomic E-state index is 0.362. The van der Waals surface area contributed by atoms with E-state index in [4.69, 9.17) is 5.11 Å². The summed E-state index contributed by atoms with van der Waals surface area (Å²) in [6.45, 7) is 0. The van der Waals surface area contributed by atoms with Gasteiger partial charge in [0.1, 0.15) is 0 Å². The van der Waals surface area contributed by atoms with Gasteiger partial charge in [-0.2, -0.15) is 5.10 Å². The molecule has 0 radical (unpaired) electrons. The van der Waals surface area contributed by atoms with Crippen LogP contribution in [0.2, 0.25) is 0 Å². The van der Waals surface area contributed by atoms with Gasteiger partial charge >= 0.3 is 5.97 Å². The van der Waals surface area contributed by atoms with E-state index in [1.807, 2.05) is 30.3 Å². The van der Waals surface area contributed by atoms with Crippen LogP contribution in [0.5, 0.6) is 0 Å². The first-order valence-electron chi connectivity index (χ1n) is 6.76. The predicted molar refractivity (Wildman–Crippen MR) is 82.1 cm³/mol. The van der Waals surface area contributed by atoms with Crippen LogP contribution in [0.15, 0.2) is 60.8 Å². The number of aliphatic hydroxyl groups excluding tert-OH is 1. The molecule has 1 unspecified atom stereocenters. The van der Waals surface area contributed by atoms with Crippen molar-refractivity contribution < 1.29 is 15.0 Å². The first-order chi connectivity index (χ1) is 10.6. The molecule has 22 heavy (non-hydrogen) atoms. The fraction of sp³-hybridized carbons (Fsp3) is 0.0588. The lowest BCUT2D eigenvalue weighted by Crippen LogP contribution is -2.10. The summed E-state index contributed by atoms with van der Waals surface area (Å²) in [4.78, 5) is 10.8. The molecule has 0 saturated heterocycles. The second-order valence-corrected chi connectivity index (χ2v) is 4.91. The van der Waals surface area contributed by atoms with E-state index in [2.05, 4.69) is 10.2 Å². The lowest BCUT2D eigenvalue weighted by atomic mass is 9.99. The van der Waals surface area contributed by atoms with E-state index in [0.29, 0.717) is 5.56 Å². The number of aromatic amines is 1. The SMILES string of the molecule is O=C(O)C(O)c1ccc(-c2cccc(-c3ccn[nH]3)c2)cc1. The highest BCUT2D eigenvalue weighted by Gasteiger charge is 2.15. The van der Waals surface area contributed by atoms with Crippen molar-refractivity contribution in [1.29, 1.82) is 0 Å². The third-order valence-electron chi connectivity index (χ3n) is 3.47. The van der Waals surface area contributed by atoms with Crippen LogP contribution in [-0.2, 0) is 4.79 Å². The van der Waals surface area contributed by atoms with Crippen LogP contribution in [0, 0.1) is 0 Å². The Balaban J connectivity index is 1.91. The van der Waals surface area contributed by atoms with Gasteiger partial charge in [0.2, 0.25) is 0 Å². The number of rotatable bonds is 4. The molecule has 0 fully saturated rings. The van der Waals surface area contributed by atoms with Crippen LogP contribution in [0.25, 0.3) is 22.4 Å². The molecule has 2 aromatic carbocycles. The van der Waals surface area contributed by atoms with E-state index < -0.39 is 12.1 Å². The van der Waals surface area contributed by atoms with Gasteiger partial charge in [-0.1, -0.05) is 42.5 Å². The molecule has 1 aromatic heterocycles. The number of carbonyl (C=O) groups is 1. The number of benzene rings is 2. The first-order valence-corrected chi connectivity index (χ1v) is 6.76. The Morgan fingerprint density at radius 3 is 2.36 bits per heavy atom. The number of carboxylic acids is 1. The largest absolute Gasteiger partial charge is 0.479 e. The standard InChI is InChI=1S/C17H14N2O3/c20-16(17(21)22)12-6-4-11(5-7-12)13-2-1-3-14(10-13)15-8-9-18-19-15/h1-10,16,20H,(H,18,19)(H,21,22). The number of aromatic nitrogens is 2. The summed E-state index contributed by atoms with van der Waals surface area (Å²) < 4.78 is 0. The Kier molecular flexibility index (Phi) is 3.72. The molecule has 5 heteroatoms. The van der Waals surface area contributed by atoms with Crippen molar-refractivity contribution in [3.05, 3.63) is 66.4 Å². The summed E-state index contributed by atoms with van der Waals surface area (Å²) in [6.07, 6.45) is 0.203. The highest BCUT2D eigenvalue weighted by Crippen LogP contribution is 2.26. The lowest BCUT2D eigenvalue weighted by Gasteiger charge is -2.08. The summed E-state index contributed by atoms with van der Waals surface area (Å²) >= 11 is 0.